The third-order valence-electron chi connectivity index (χ3n) is 5.01. The van der Waals surface area contributed by atoms with E-state index < -0.39 is 0 Å². The highest BCUT2D eigenvalue weighted by Gasteiger charge is 2.15. The number of rotatable bonds is 6. The number of nitrogens with zero attached hydrogens (tertiary/aromatic N) is 2. The van der Waals surface area contributed by atoms with E-state index in [1.54, 1.807) is 31.2 Å². The van der Waals surface area contributed by atoms with Gasteiger partial charge in [-0.05, 0) is 51.2 Å². The van der Waals surface area contributed by atoms with Crippen molar-refractivity contribution in [1.82, 2.24) is 9.97 Å². The van der Waals surface area contributed by atoms with Gasteiger partial charge in [-0.3, -0.25) is 4.79 Å². The molecule has 0 saturated carbocycles. The Kier molecular flexibility index (Phi) is 5.93. The van der Waals surface area contributed by atoms with Crippen molar-refractivity contribution in [3.8, 4) is 11.5 Å². The van der Waals surface area contributed by atoms with Crippen LogP contribution in [0.3, 0.4) is 0 Å². The average molecular weight is 394 g/mol. The molecule has 152 valence electrons. The van der Waals surface area contributed by atoms with Gasteiger partial charge in [-0.25, -0.2) is 9.97 Å². The fourth-order valence-corrected chi connectivity index (χ4v) is 3.57. The highest BCUT2D eigenvalue weighted by molar-refractivity contribution is 6.03. The van der Waals surface area contributed by atoms with Gasteiger partial charge in [0, 0.05) is 24.4 Å². The molecule has 0 fully saturated rings. The number of allylic oxidation sites excluding steroid dienone is 1. The smallest absolute Gasteiger partial charge is 0.274 e. The van der Waals surface area contributed by atoms with Gasteiger partial charge in [0.15, 0.2) is 11.5 Å². The summed E-state index contributed by atoms with van der Waals surface area (Å²) in [6, 6.07) is 7.03. The SMILES string of the molecule is Cc1nc(NCCC2=CCCCC2)cc(C(=O)Nc2ccc3c(c2)OCCO3)n1. The molecular formula is C22H26N4O3. The number of benzene rings is 1. The van der Waals surface area contributed by atoms with Crippen LogP contribution in [0.2, 0.25) is 0 Å². The number of ether oxygens (including phenoxy) is 2. The van der Waals surface area contributed by atoms with Gasteiger partial charge in [0.2, 0.25) is 0 Å². The predicted octanol–water partition coefficient (Wildman–Crippen LogP) is 4.11. The van der Waals surface area contributed by atoms with E-state index in [2.05, 4.69) is 26.7 Å². The Hall–Kier alpha value is -3.09. The van der Waals surface area contributed by atoms with Crippen LogP contribution in [0.4, 0.5) is 11.5 Å². The van der Waals surface area contributed by atoms with Crippen molar-refractivity contribution in [3.63, 3.8) is 0 Å². The van der Waals surface area contributed by atoms with E-state index in [0.29, 0.717) is 47.7 Å². The molecule has 1 aromatic carbocycles. The molecule has 2 aromatic rings. The molecule has 2 heterocycles. The van der Waals surface area contributed by atoms with Crippen molar-refractivity contribution < 1.29 is 14.3 Å². The second-order valence-corrected chi connectivity index (χ2v) is 7.28. The lowest BCUT2D eigenvalue weighted by atomic mass is 9.97. The number of aromatic nitrogens is 2. The van der Waals surface area contributed by atoms with E-state index in [0.717, 1.165) is 13.0 Å². The zero-order valence-electron chi connectivity index (χ0n) is 16.7. The molecule has 1 amide bonds. The third-order valence-corrected chi connectivity index (χ3v) is 5.01. The summed E-state index contributed by atoms with van der Waals surface area (Å²) in [6.45, 7) is 3.62. The Morgan fingerprint density at radius 3 is 2.79 bits per heavy atom. The van der Waals surface area contributed by atoms with Crippen molar-refractivity contribution in [2.45, 2.75) is 39.0 Å². The molecule has 7 heteroatoms. The Bertz CT molecular complexity index is 926. The third kappa shape index (κ3) is 5.04. The van der Waals surface area contributed by atoms with E-state index in [-0.39, 0.29) is 5.91 Å². The first kappa shape index (κ1) is 19.2. The number of carbonyl (C=O) groups is 1. The van der Waals surface area contributed by atoms with Crippen LogP contribution in [0.1, 0.15) is 48.4 Å². The number of aryl methyl sites for hydroxylation is 1. The van der Waals surface area contributed by atoms with Gasteiger partial charge in [-0.15, -0.1) is 0 Å². The van der Waals surface area contributed by atoms with Crippen molar-refractivity contribution in [3.05, 3.63) is 47.4 Å². The number of anilines is 2. The van der Waals surface area contributed by atoms with Crippen LogP contribution in [0.25, 0.3) is 0 Å². The van der Waals surface area contributed by atoms with Crippen molar-refractivity contribution in [2.75, 3.05) is 30.4 Å². The summed E-state index contributed by atoms with van der Waals surface area (Å²) in [6.07, 6.45) is 8.30. The molecule has 4 rings (SSSR count). The summed E-state index contributed by atoms with van der Waals surface area (Å²) in [5, 5.41) is 6.19. The van der Waals surface area contributed by atoms with E-state index in [1.807, 2.05) is 0 Å². The molecule has 0 radical (unpaired) electrons. The molecule has 2 N–H and O–H groups in total. The van der Waals surface area contributed by atoms with Gasteiger partial charge in [0.25, 0.3) is 5.91 Å². The first-order valence-electron chi connectivity index (χ1n) is 10.2. The molecular weight excluding hydrogens is 368 g/mol. The highest BCUT2D eigenvalue weighted by Crippen LogP contribution is 2.32. The molecule has 29 heavy (non-hydrogen) atoms. The summed E-state index contributed by atoms with van der Waals surface area (Å²) in [4.78, 5) is 21.4. The summed E-state index contributed by atoms with van der Waals surface area (Å²) >= 11 is 0. The molecule has 2 aliphatic rings. The first-order valence-corrected chi connectivity index (χ1v) is 10.2. The minimum Gasteiger partial charge on any atom is -0.486 e. The van der Waals surface area contributed by atoms with Crippen molar-refractivity contribution >= 4 is 17.4 Å². The van der Waals surface area contributed by atoms with Gasteiger partial charge < -0.3 is 20.1 Å². The zero-order valence-corrected chi connectivity index (χ0v) is 16.7. The quantitative estimate of drug-likeness (QED) is 0.717. The van der Waals surface area contributed by atoms with Gasteiger partial charge in [0.1, 0.15) is 30.5 Å². The molecule has 0 unspecified atom stereocenters. The zero-order chi connectivity index (χ0) is 20.1. The summed E-state index contributed by atoms with van der Waals surface area (Å²) in [5.41, 5.74) is 2.46. The van der Waals surface area contributed by atoms with Crippen LogP contribution in [0.5, 0.6) is 11.5 Å². The molecule has 1 aliphatic carbocycles. The maximum Gasteiger partial charge on any atom is 0.274 e. The van der Waals surface area contributed by atoms with Crippen LogP contribution in [0.15, 0.2) is 35.9 Å². The van der Waals surface area contributed by atoms with Crippen LogP contribution >= 0.6 is 0 Å². The average Bonchev–Trinajstić information content (AvgIpc) is 2.74. The monoisotopic (exact) mass is 394 g/mol. The number of fused-ring (bicyclic) bond motifs is 1. The second kappa shape index (κ2) is 8.94. The van der Waals surface area contributed by atoms with Gasteiger partial charge >= 0.3 is 0 Å². The molecule has 0 bridgehead atoms. The van der Waals surface area contributed by atoms with E-state index in [4.69, 9.17) is 9.47 Å². The Morgan fingerprint density at radius 1 is 1.10 bits per heavy atom. The van der Waals surface area contributed by atoms with Crippen LogP contribution in [-0.4, -0.2) is 35.6 Å². The van der Waals surface area contributed by atoms with E-state index >= 15 is 0 Å². The number of hydrogen-bond acceptors (Lipinski definition) is 6. The van der Waals surface area contributed by atoms with Crippen LogP contribution in [0, 0.1) is 6.92 Å². The van der Waals surface area contributed by atoms with E-state index in [1.165, 1.54) is 31.3 Å². The minimum atomic E-state index is -0.287. The Labute approximate surface area is 170 Å². The number of hydrogen-bond donors (Lipinski definition) is 2. The minimum absolute atomic E-state index is 0.287. The second-order valence-electron chi connectivity index (χ2n) is 7.28. The highest BCUT2D eigenvalue weighted by atomic mass is 16.6. The van der Waals surface area contributed by atoms with Crippen LogP contribution < -0.4 is 20.1 Å². The maximum absolute atomic E-state index is 12.7. The molecule has 1 aliphatic heterocycles. The largest absolute Gasteiger partial charge is 0.486 e. The van der Waals surface area contributed by atoms with Crippen LogP contribution in [-0.2, 0) is 0 Å². The summed E-state index contributed by atoms with van der Waals surface area (Å²) < 4.78 is 11.1. The van der Waals surface area contributed by atoms with E-state index in [9.17, 15) is 4.79 Å². The van der Waals surface area contributed by atoms with Gasteiger partial charge in [0.05, 0.1) is 0 Å². The standard InChI is InChI=1S/C22H26N4O3/c1-15-24-18(14-21(25-15)23-10-9-16-5-3-2-4-6-16)22(27)26-17-7-8-19-20(13-17)29-12-11-28-19/h5,7-8,13-14H,2-4,6,9-12H2,1H3,(H,26,27)(H,23,24,25). The lowest BCUT2D eigenvalue weighted by Crippen LogP contribution is -2.18. The summed E-state index contributed by atoms with van der Waals surface area (Å²) in [5.74, 6) is 2.25. The lowest BCUT2D eigenvalue weighted by molar-refractivity contribution is 0.102. The Morgan fingerprint density at radius 2 is 1.97 bits per heavy atom. The summed E-state index contributed by atoms with van der Waals surface area (Å²) in [7, 11) is 0. The maximum atomic E-state index is 12.7. The van der Waals surface area contributed by atoms with Gasteiger partial charge in [-0.1, -0.05) is 11.6 Å². The molecule has 0 saturated heterocycles. The van der Waals surface area contributed by atoms with Crippen molar-refractivity contribution in [1.29, 1.82) is 0 Å². The van der Waals surface area contributed by atoms with Crippen molar-refractivity contribution in [2.24, 2.45) is 0 Å². The normalized spacial score (nSPS) is 15.4. The predicted molar refractivity (Wildman–Crippen MR) is 112 cm³/mol. The lowest BCUT2D eigenvalue weighted by Gasteiger charge is -2.19. The fourth-order valence-electron chi connectivity index (χ4n) is 3.57. The number of amides is 1. The molecule has 0 spiro atoms. The topological polar surface area (TPSA) is 85.4 Å². The fraction of sp³-hybridized carbons (Fsp3) is 0.409. The first-order chi connectivity index (χ1) is 14.2. The van der Waals surface area contributed by atoms with Gasteiger partial charge in [-0.2, -0.15) is 0 Å². The molecule has 1 aromatic heterocycles. The number of carbonyl (C=O) groups excluding carboxylic acids is 1. The molecule has 0 atom stereocenters. The number of nitrogens with one attached hydrogen (secondary N) is 2. The Balaban J connectivity index is 1.39. The molecule has 7 nitrogen and oxygen atoms in total.